The molecule has 9 heteroatoms. The van der Waals surface area contributed by atoms with Gasteiger partial charge in [-0.1, -0.05) is 42.4 Å². The van der Waals surface area contributed by atoms with E-state index >= 15 is 0 Å². The minimum absolute atomic E-state index is 0.197. The molecule has 0 fully saturated rings. The maximum atomic E-state index is 12.8. The van der Waals surface area contributed by atoms with Gasteiger partial charge in [0.2, 0.25) is 11.8 Å². The second-order valence-electron chi connectivity index (χ2n) is 5.48. The van der Waals surface area contributed by atoms with Gasteiger partial charge < -0.3 is 9.84 Å². The Bertz CT molecular complexity index is 828. The summed E-state index contributed by atoms with van der Waals surface area (Å²) in [6.07, 6.45) is 1.18. The first kappa shape index (κ1) is 16.7. The molecule has 0 unspecified atom stereocenters. The largest absolute Gasteiger partial charge is 0.353 e. The van der Waals surface area contributed by atoms with Crippen LogP contribution in [0.3, 0.4) is 0 Å². The normalized spacial score (nSPS) is 12.1. The molecule has 0 aliphatic rings. The maximum absolute atomic E-state index is 12.8. The van der Waals surface area contributed by atoms with Crippen molar-refractivity contribution in [2.24, 2.45) is 0 Å². The smallest absolute Gasteiger partial charge is 0.249 e. The molecule has 2 aromatic heterocycles. The molecule has 0 aliphatic carbocycles. The summed E-state index contributed by atoms with van der Waals surface area (Å²) in [6, 6.07) is 8.75. The van der Waals surface area contributed by atoms with Crippen LogP contribution in [0.25, 0.3) is 0 Å². The van der Waals surface area contributed by atoms with E-state index in [0.717, 1.165) is 5.56 Å². The fraction of sp³-hybridized carbons (Fsp3) is 0.375. The van der Waals surface area contributed by atoms with E-state index in [1.165, 1.54) is 4.68 Å². The molecule has 130 valence electrons. The van der Waals surface area contributed by atoms with Crippen LogP contribution in [0.4, 0.5) is 0 Å². The Hall–Kier alpha value is -3.10. The molecule has 0 radical (unpaired) electrons. The number of carbonyl (C=O) groups is 1. The van der Waals surface area contributed by atoms with Crippen LogP contribution in [0.2, 0.25) is 0 Å². The molecule has 1 atom stereocenters. The number of nitrogens with one attached hydrogen (secondary N) is 1. The molecule has 1 N–H and O–H groups in total. The topological polar surface area (TPSA) is 112 Å². The Morgan fingerprint density at radius 1 is 1.32 bits per heavy atom. The zero-order chi connectivity index (χ0) is 17.6. The summed E-state index contributed by atoms with van der Waals surface area (Å²) in [5.41, 5.74) is 0.807. The zero-order valence-corrected chi connectivity index (χ0v) is 14.1. The zero-order valence-electron chi connectivity index (χ0n) is 14.1. The van der Waals surface area contributed by atoms with Crippen molar-refractivity contribution in [2.45, 2.75) is 32.7 Å². The van der Waals surface area contributed by atoms with Gasteiger partial charge in [-0.15, -0.1) is 5.10 Å². The lowest BCUT2D eigenvalue weighted by atomic mass is 10.1. The molecule has 0 spiro atoms. The van der Waals surface area contributed by atoms with Gasteiger partial charge in [-0.2, -0.15) is 4.98 Å². The van der Waals surface area contributed by atoms with Crippen molar-refractivity contribution >= 4 is 5.91 Å². The second-order valence-corrected chi connectivity index (χ2v) is 5.48. The van der Waals surface area contributed by atoms with Crippen molar-refractivity contribution in [3.05, 3.63) is 53.4 Å². The molecule has 0 bridgehead atoms. The summed E-state index contributed by atoms with van der Waals surface area (Å²) in [4.78, 5) is 17.0. The molecular formula is C16H19N7O2. The van der Waals surface area contributed by atoms with E-state index in [9.17, 15) is 4.79 Å². The summed E-state index contributed by atoms with van der Waals surface area (Å²) >= 11 is 0. The van der Waals surface area contributed by atoms with E-state index in [4.69, 9.17) is 4.52 Å². The van der Waals surface area contributed by atoms with Crippen LogP contribution >= 0.6 is 0 Å². The Balaban J connectivity index is 1.70. The Morgan fingerprint density at radius 2 is 2.12 bits per heavy atom. The van der Waals surface area contributed by atoms with Gasteiger partial charge in [0.05, 0.1) is 0 Å². The third-order valence-corrected chi connectivity index (χ3v) is 3.73. The third-order valence-electron chi connectivity index (χ3n) is 3.73. The van der Waals surface area contributed by atoms with Crippen molar-refractivity contribution in [2.75, 3.05) is 6.54 Å². The standard InChI is InChI=1S/C16H19N7O2/c1-3-13-18-14(25-20-13)9-10-17-16(24)15(12-7-5-4-6-8-12)23-11(2)19-21-22-23/h4-8,15H,3,9-10H2,1-2H3,(H,17,24)/t15-/m0/s1. The van der Waals surface area contributed by atoms with Gasteiger partial charge in [-0.05, 0) is 22.9 Å². The number of amides is 1. The number of nitrogens with zero attached hydrogens (tertiary/aromatic N) is 6. The van der Waals surface area contributed by atoms with Crippen LogP contribution in [-0.4, -0.2) is 42.8 Å². The van der Waals surface area contributed by atoms with Gasteiger partial charge in [0.1, 0.15) is 5.82 Å². The van der Waals surface area contributed by atoms with Crippen LogP contribution in [0, 0.1) is 6.92 Å². The van der Waals surface area contributed by atoms with Crippen LogP contribution < -0.4 is 5.32 Å². The van der Waals surface area contributed by atoms with Crippen molar-refractivity contribution in [1.82, 2.24) is 35.7 Å². The first-order chi connectivity index (χ1) is 12.2. The van der Waals surface area contributed by atoms with Crippen molar-refractivity contribution in [1.29, 1.82) is 0 Å². The molecule has 0 aliphatic heterocycles. The van der Waals surface area contributed by atoms with Crippen molar-refractivity contribution in [3.8, 4) is 0 Å². The van der Waals surface area contributed by atoms with Gasteiger partial charge in [0.25, 0.3) is 0 Å². The highest BCUT2D eigenvalue weighted by atomic mass is 16.5. The number of benzene rings is 1. The van der Waals surface area contributed by atoms with Crippen LogP contribution in [-0.2, 0) is 17.6 Å². The minimum Gasteiger partial charge on any atom is -0.353 e. The van der Waals surface area contributed by atoms with E-state index < -0.39 is 6.04 Å². The van der Waals surface area contributed by atoms with E-state index in [1.807, 2.05) is 37.3 Å². The highest BCUT2D eigenvalue weighted by molar-refractivity contribution is 5.83. The number of hydrogen-bond donors (Lipinski definition) is 1. The Morgan fingerprint density at radius 3 is 2.76 bits per heavy atom. The minimum atomic E-state index is -0.634. The van der Waals surface area contributed by atoms with Crippen molar-refractivity contribution < 1.29 is 9.32 Å². The van der Waals surface area contributed by atoms with Gasteiger partial charge in [0, 0.05) is 19.4 Å². The SMILES string of the molecule is CCc1noc(CCNC(=O)[C@H](c2ccccc2)n2nnnc2C)n1. The Labute approximate surface area is 144 Å². The van der Waals surface area contributed by atoms with Crippen molar-refractivity contribution in [3.63, 3.8) is 0 Å². The lowest BCUT2D eigenvalue weighted by Gasteiger charge is -2.17. The third kappa shape index (κ3) is 3.87. The predicted molar refractivity (Wildman–Crippen MR) is 87.5 cm³/mol. The number of rotatable bonds is 7. The number of aromatic nitrogens is 6. The lowest BCUT2D eigenvalue weighted by molar-refractivity contribution is -0.123. The molecular weight excluding hydrogens is 322 g/mol. The Kier molecular flexibility index (Phi) is 5.12. The summed E-state index contributed by atoms with van der Waals surface area (Å²) in [7, 11) is 0. The van der Waals surface area contributed by atoms with Gasteiger partial charge in [-0.3, -0.25) is 4.79 Å². The average Bonchev–Trinajstić information content (AvgIpc) is 3.26. The molecule has 9 nitrogen and oxygen atoms in total. The summed E-state index contributed by atoms with van der Waals surface area (Å²) in [5, 5.41) is 18.2. The van der Waals surface area contributed by atoms with E-state index in [1.54, 1.807) is 6.92 Å². The average molecular weight is 341 g/mol. The van der Waals surface area contributed by atoms with E-state index in [0.29, 0.717) is 36.9 Å². The van der Waals surface area contributed by atoms with Gasteiger partial charge >= 0.3 is 0 Å². The molecule has 0 saturated heterocycles. The monoisotopic (exact) mass is 341 g/mol. The fourth-order valence-electron chi connectivity index (χ4n) is 2.44. The molecule has 3 rings (SSSR count). The predicted octanol–water partition coefficient (Wildman–Crippen LogP) is 0.875. The number of aryl methyl sites for hydroxylation is 2. The number of hydrogen-bond acceptors (Lipinski definition) is 7. The summed E-state index contributed by atoms with van der Waals surface area (Å²) < 4.78 is 6.63. The summed E-state index contributed by atoms with van der Waals surface area (Å²) in [5.74, 6) is 1.53. The molecule has 25 heavy (non-hydrogen) atoms. The summed E-state index contributed by atoms with van der Waals surface area (Å²) in [6.45, 7) is 4.10. The highest BCUT2D eigenvalue weighted by Crippen LogP contribution is 2.18. The first-order valence-corrected chi connectivity index (χ1v) is 8.07. The van der Waals surface area contributed by atoms with Gasteiger partial charge in [-0.25, -0.2) is 4.68 Å². The van der Waals surface area contributed by atoms with Crippen LogP contribution in [0.5, 0.6) is 0 Å². The molecule has 1 aromatic carbocycles. The van der Waals surface area contributed by atoms with E-state index in [2.05, 4.69) is 31.0 Å². The van der Waals surface area contributed by atoms with E-state index in [-0.39, 0.29) is 5.91 Å². The first-order valence-electron chi connectivity index (χ1n) is 8.07. The number of carbonyl (C=O) groups excluding carboxylic acids is 1. The maximum Gasteiger partial charge on any atom is 0.249 e. The molecule has 0 saturated carbocycles. The number of tetrazole rings is 1. The quantitative estimate of drug-likeness (QED) is 0.679. The second kappa shape index (κ2) is 7.65. The lowest BCUT2D eigenvalue weighted by Crippen LogP contribution is -2.35. The molecule has 3 aromatic rings. The fourth-order valence-corrected chi connectivity index (χ4v) is 2.44. The highest BCUT2D eigenvalue weighted by Gasteiger charge is 2.25. The van der Waals surface area contributed by atoms with Crippen LogP contribution in [0.15, 0.2) is 34.9 Å². The molecule has 1 amide bonds. The van der Waals surface area contributed by atoms with Crippen LogP contribution in [0.1, 0.15) is 36.1 Å². The molecule has 2 heterocycles. The van der Waals surface area contributed by atoms with Gasteiger partial charge in [0.15, 0.2) is 11.9 Å².